The summed E-state index contributed by atoms with van der Waals surface area (Å²) in [7, 11) is 0. The minimum Gasteiger partial charge on any atom is -0.485 e. The van der Waals surface area contributed by atoms with Gasteiger partial charge in [-0.05, 0) is 50.8 Å². The highest BCUT2D eigenvalue weighted by Crippen LogP contribution is 2.22. The summed E-state index contributed by atoms with van der Waals surface area (Å²) in [5.41, 5.74) is 2.26. The number of carbonyl (C=O) groups is 1. The molecule has 0 unspecified atom stereocenters. The Morgan fingerprint density at radius 3 is 2.79 bits per heavy atom. The van der Waals surface area contributed by atoms with Crippen molar-refractivity contribution in [1.29, 1.82) is 0 Å². The maximum atomic E-state index is 12.3. The van der Waals surface area contributed by atoms with Gasteiger partial charge in [-0.2, -0.15) is 0 Å². The summed E-state index contributed by atoms with van der Waals surface area (Å²) < 4.78 is 7.99. The van der Waals surface area contributed by atoms with Gasteiger partial charge in [-0.3, -0.25) is 4.79 Å². The maximum absolute atomic E-state index is 12.3. The molecule has 1 amide bonds. The van der Waals surface area contributed by atoms with Crippen molar-refractivity contribution in [2.24, 2.45) is 0 Å². The Hall–Kier alpha value is -2.02. The van der Waals surface area contributed by atoms with Crippen molar-refractivity contribution in [3.05, 3.63) is 35.2 Å². The van der Waals surface area contributed by atoms with E-state index in [1.165, 1.54) is 31.0 Å². The lowest BCUT2D eigenvalue weighted by Crippen LogP contribution is -2.37. The predicted octanol–water partition coefficient (Wildman–Crippen LogP) is 4.03. The summed E-state index contributed by atoms with van der Waals surface area (Å²) in [6, 6.07) is 6.51. The van der Waals surface area contributed by atoms with Crippen molar-refractivity contribution in [2.45, 2.75) is 77.2 Å². The molecule has 1 saturated carbocycles. The van der Waals surface area contributed by atoms with Crippen molar-refractivity contribution in [3.8, 4) is 5.75 Å². The first-order valence-electron chi connectivity index (χ1n) is 10.1. The van der Waals surface area contributed by atoms with E-state index in [9.17, 15) is 4.79 Å². The van der Waals surface area contributed by atoms with E-state index in [1.807, 2.05) is 24.5 Å². The number of carbonyl (C=O) groups excluding carboxylic acids is 1. The van der Waals surface area contributed by atoms with Crippen LogP contribution in [0.5, 0.6) is 5.75 Å². The molecule has 0 bridgehead atoms. The zero-order valence-electron chi connectivity index (χ0n) is 17.0. The van der Waals surface area contributed by atoms with Crippen LogP contribution in [0.15, 0.2) is 23.4 Å². The molecule has 28 heavy (non-hydrogen) atoms. The van der Waals surface area contributed by atoms with Gasteiger partial charge in [-0.1, -0.05) is 43.2 Å². The number of amides is 1. The van der Waals surface area contributed by atoms with Gasteiger partial charge in [0.1, 0.15) is 12.4 Å². The second kappa shape index (κ2) is 9.96. The van der Waals surface area contributed by atoms with Crippen molar-refractivity contribution >= 4 is 17.7 Å². The van der Waals surface area contributed by atoms with Crippen molar-refractivity contribution in [3.63, 3.8) is 0 Å². The summed E-state index contributed by atoms with van der Waals surface area (Å²) in [4.78, 5) is 12.3. The van der Waals surface area contributed by atoms with Gasteiger partial charge in [0.2, 0.25) is 5.91 Å². The average Bonchev–Trinajstić information content (AvgIpc) is 3.09. The first-order valence-corrected chi connectivity index (χ1v) is 11.1. The zero-order valence-corrected chi connectivity index (χ0v) is 17.8. The number of hydrogen-bond donors (Lipinski definition) is 1. The van der Waals surface area contributed by atoms with Crippen LogP contribution in [0.4, 0.5) is 0 Å². The Bertz CT molecular complexity index is 800. The summed E-state index contributed by atoms with van der Waals surface area (Å²) in [5.74, 6) is 2.09. The van der Waals surface area contributed by atoms with Crippen LogP contribution < -0.4 is 10.1 Å². The molecule has 1 fully saturated rings. The summed E-state index contributed by atoms with van der Waals surface area (Å²) in [6.07, 6.45) is 5.91. The van der Waals surface area contributed by atoms with Crippen molar-refractivity contribution in [2.75, 3.05) is 5.75 Å². The highest BCUT2D eigenvalue weighted by Gasteiger charge is 2.18. The van der Waals surface area contributed by atoms with E-state index < -0.39 is 0 Å². The second-order valence-electron chi connectivity index (χ2n) is 7.39. The maximum Gasteiger partial charge on any atom is 0.230 e. The molecular formula is C21H30N4O2S. The molecule has 0 radical (unpaired) electrons. The molecule has 1 aromatic heterocycles. The summed E-state index contributed by atoms with van der Waals surface area (Å²) in [6.45, 7) is 7.24. The molecule has 152 valence electrons. The van der Waals surface area contributed by atoms with Gasteiger partial charge in [0.05, 0.1) is 5.75 Å². The number of thioether (sulfide) groups is 1. The molecule has 0 aliphatic heterocycles. The van der Waals surface area contributed by atoms with Crippen LogP contribution in [0, 0.1) is 13.8 Å². The average molecular weight is 403 g/mol. The van der Waals surface area contributed by atoms with Crippen molar-refractivity contribution in [1.82, 2.24) is 20.1 Å². The predicted molar refractivity (Wildman–Crippen MR) is 112 cm³/mol. The second-order valence-corrected chi connectivity index (χ2v) is 8.33. The van der Waals surface area contributed by atoms with Gasteiger partial charge in [0.25, 0.3) is 0 Å². The molecule has 1 heterocycles. The molecule has 1 aliphatic carbocycles. The largest absolute Gasteiger partial charge is 0.485 e. The lowest BCUT2D eigenvalue weighted by molar-refractivity contribution is -0.119. The number of hydrogen-bond acceptors (Lipinski definition) is 5. The lowest BCUT2D eigenvalue weighted by atomic mass is 9.95. The van der Waals surface area contributed by atoms with E-state index >= 15 is 0 Å². The number of aromatic nitrogens is 3. The molecule has 1 aliphatic rings. The molecule has 3 rings (SSSR count). The van der Waals surface area contributed by atoms with Crippen LogP contribution in [-0.2, 0) is 17.9 Å². The Morgan fingerprint density at radius 2 is 2.04 bits per heavy atom. The Morgan fingerprint density at radius 1 is 1.25 bits per heavy atom. The summed E-state index contributed by atoms with van der Waals surface area (Å²) in [5, 5.41) is 12.5. The van der Waals surface area contributed by atoms with E-state index in [0.29, 0.717) is 18.4 Å². The lowest BCUT2D eigenvalue weighted by Gasteiger charge is -2.22. The zero-order chi connectivity index (χ0) is 19.9. The van der Waals surface area contributed by atoms with E-state index in [2.05, 4.69) is 34.6 Å². The van der Waals surface area contributed by atoms with Crippen LogP contribution in [0.1, 0.15) is 56.0 Å². The third-order valence-electron chi connectivity index (χ3n) is 5.11. The Labute approximate surface area is 171 Å². The molecule has 1 N–H and O–H groups in total. The number of nitrogens with zero attached hydrogens (tertiary/aromatic N) is 3. The van der Waals surface area contributed by atoms with Gasteiger partial charge in [0.15, 0.2) is 11.0 Å². The molecule has 0 atom stereocenters. The molecule has 0 saturated heterocycles. The van der Waals surface area contributed by atoms with E-state index in [1.54, 1.807) is 0 Å². The van der Waals surface area contributed by atoms with E-state index in [4.69, 9.17) is 4.74 Å². The van der Waals surface area contributed by atoms with E-state index in [0.717, 1.165) is 47.2 Å². The normalized spacial score (nSPS) is 14.8. The van der Waals surface area contributed by atoms with Gasteiger partial charge in [-0.15, -0.1) is 10.2 Å². The van der Waals surface area contributed by atoms with Gasteiger partial charge in [-0.25, -0.2) is 0 Å². The number of nitrogens with one attached hydrogen (secondary N) is 1. The Kier molecular flexibility index (Phi) is 7.36. The fourth-order valence-electron chi connectivity index (χ4n) is 3.50. The third kappa shape index (κ3) is 5.50. The minimum absolute atomic E-state index is 0.0794. The van der Waals surface area contributed by atoms with Gasteiger partial charge in [0, 0.05) is 12.6 Å². The monoisotopic (exact) mass is 402 g/mol. The van der Waals surface area contributed by atoms with Crippen LogP contribution in [-0.4, -0.2) is 32.5 Å². The minimum atomic E-state index is 0.0794. The number of rotatable bonds is 8. The van der Waals surface area contributed by atoms with Crippen molar-refractivity contribution < 1.29 is 9.53 Å². The number of benzene rings is 1. The van der Waals surface area contributed by atoms with Crippen LogP contribution >= 0.6 is 11.8 Å². The van der Waals surface area contributed by atoms with E-state index in [-0.39, 0.29) is 5.91 Å². The highest BCUT2D eigenvalue weighted by atomic mass is 32.2. The fourth-order valence-corrected chi connectivity index (χ4v) is 4.33. The van der Waals surface area contributed by atoms with Gasteiger partial charge >= 0.3 is 0 Å². The number of aryl methyl sites for hydroxylation is 2. The van der Waals surface area contributed by atoms with Crippen LogP contribution in [0.2, 0.25) is 0 Å². The van der Waals surface area contributed by atoms with Crippen LogP contribution in [0.3, 0.4) is 0 Å². The number of ether oxygens (including phenoxy) is 1. The Balaban J connectivity index is 1.55. The first-order chi connectivity index (χ1) is 13.6. The SMILES string of the molecule is CCn1c(COc2cc(C)ccc2C)nnc1SCC(=O)NC1CCCCC1. The fraction of sp³-hybridized carbons (Fsp3) is 0.571. The third-order valence-corrected chi connectivity index (χ3v) is 6.08. The molecule has 7 heteroatoms. The quantitative estimate of drug-likeness (QED) is 0.675. The molecule has 1 aromatic carbocycles. The smallest absolute Gasteiger partial charge is 0.230 e. The van der Waals surface area contributed by atoms with Crippen LogP contribution in [0.25, 0.3) is 0 Å². The molecule has 6 nitrogen and oxygen atoms in total. The topological polar surface area (TPSA) is 69.0 Å². The molecule has 0 spiro atoms. The molecule has 2 aromatic rings. The highest BCUT2D eigenvalue weighted by molar-refractivity contribution is 7.99. The summed E-state index contributed by atoms with van der Waals surface area (Å²) >= 11 is 1.44. The standard InChI is InChI=1S/C21H30N4O2S/c1-4-25-19(13-27-18-12-15(2)10-11-16(18)3)23-24-21(25)28-14-20(26)22-17-8-6-5-7-9-17/h10-12,17H,4-9,13-14H2,1-3H3,(H,22,26). The van der Waals surface area contributed by atoms with Gasteiger partial charge < -0.3 is 14.6 Å². The first kappa shape index (κ1) is 20.7. The molecular weight excluding hydrogens is 372 g/mol.